The van der Waals surface area contributed by atoms with E-state index in [4.69, 9.17) is 11.6 Å². The molecule has 0 saturated carbocycles. The van der Waals surface area contributed by atoms with Crippen LogP contribution in [0.25, 0.3) is 0 Å². The molecule has 1 rings (SSSR count). The molecule has 1 aromatic rings. The van der Waals surface area contributed by atoms with Crippen molar-refractivity contribution in [3.63, 3.8) is 0 Å². The van der Waals surface area contributed by atoms with Crippen molar-refractivity contribution in [3.8, 4) is 12.8 Å². The first-order chi connectivity index (χ1) is 6.34. The van der Waals surface area contributed by atoms with Gasteiger partial charge in [0.05, 0.1) is 0 Å². The Morgan fingerprint density at radius 2 is 1.85 bits per heavy atom. The summed E-state index contributed by atoms with van der Waals surface area (Å²) in [6, 6.07) is 8.05. The molecule has 70 valence electrons. The van der Waals surface area contributed by atoms with Crippen LogP contribution in [0.1, 0.15) is 25.3 Å². The van der Waals surface area contributed by atoms with Gasteiger partial charge in [-0.2, -0.15) is 0 Å². The number of hydrogen-bond acceptors (Lipinski definition) is 0. The molecule has 1 aromatic carbocycles. The first-order valence-corrected chi connectivity index (χ1v) is 4.79. The second-order valence-corrected chi connectivity index (χ2v) is 3.10. The summed E-state index contributed by atoms with van der Waals surface area (Å²) in [6.45, 7) is 2.19. The van der Waals surface area contributed by atoms with E-state index in [2.05, 4.69) is 25.8 Å². The molecular formula is C12H15Cl. The molecule has 0 aliphatic heterocycles. The Balaban J connectivity index is 0.000000671. The van der Waals surface area contributed by atoms with Crippen molar-refractivity contribution in [1.82, 2.24) is 0 Å². The second-order valence-electron chi connectivity index (χ2n) is 2.69. The molecule has 0 unspecified atom stereocenters. The minimum atomic E-state index is 0.904. The monoisotopic (exact) mass is 194 g/mol. The lowest BCUT2D eigenvalue weighted by atomic mass is 10.1. The summed E-state index contributed by atoms with van der Waals surface area (Å²) in [5.41, 5.74) is 1.27. The Kier molecular flexibility index (Phi) is 7.15. The number of unbranched alkanes of at least 4 members (excludes halogenated alkanes) is 1. The molecule has 0 aliphatic rings. The van der Waals surface area contributed by atoms with E-state index in [1.165, 1.54) is 18.4 Å². The molecule has 1 heteroatoms. The molecule has 0 nitrogen and oxygen atoms in total. The minimum Gasteiger partial charge on any atom is -0.124 e. The highest BCUT2D eigenvalue weighted by molar-refractivity contribution is 6.31. The van der Waals surface area contributed by atoms with Gasteiger partial charge in [0.25, 0.3) is 0 Å². The Morgan fingerprint density at radius 1 is 1.23 bits per heavy atom. The largest absolute Gasteiger partial charge is 0.124 e. The molecule has 0 amide bonds. The van der Waals surface area contributed by atoms with Gasteiger partial charge < -0.3 is 0 Å². The molecule has 0 bridgehead atoms. The molecule has 0 heterocycles. The highest BCUT2D eigenvalue weighted by Gasteiger charge is 1.96. The minimum absolute atomic E-state index is 0.904. The Morgan fingerprint density at radius 3 is 2.38 bits per heavy atom. The van der Waals surface area contributed by atoms with Crippen molar-refractivity contribution in [2.45, 2.75) is 26.2 Å². The summed E-state index contributed by atoms with van der Waals surface area (Å²) in [5, 5.41) is 0.904. The Hall–Kier alpha value is -0.930. The molecular weight excluding hydrogens is 180 g/mol. The standard InChI is InChI=1S/C10H13Cl.C2H2/c1-2-3-6-9-7-4-5-8-10(9)11;1-2/h4-5,7-8H,2-3,6H2,1H3;1-2H. The maximum Gasteiger partial charge on any atom is 0.0437 e. The van der Waals surface area contributed by atoms with Crippen molar-refractivity contribution in [2.75, 3.05) is 0 Å². The number of hydrogen-bond donors (Lipinski definition) is 0. The predicted octanol–water partition coefficient (Wildman–Crippen LogP) is 3.93. The smallest absolute Gasteiger partial charge is 0.0437 e. The van der Waals surface area contributed by atoms with Gasteiger partial charge in [0, 0.05) is 5.02 Å². The van der Waals surface area contributed by atoms with Crippen LogP contribution in [0.5, 0.6) is 0 Å². The van der Waals surface area contributed by atoms with Gasteiger partial charge in [-0.25, -0.2) is 0 Å². The lowest BCUT2D eigenvalue weighted by Crippen LogP contribution is -1.84. The molecule has 0 aromatic heterocycles. The van der Waals surface area contributed by atoms with E-state index >= 15 is 0 Å². The fourth-order valence-electron chi connectivity index (χ4n) is 1.07. The third kappa shape index (κ3) is 4.60. The summed E-state index contributed by atoms with van der Waals surface area (Å²) in [7, 11) is 0. The van der Waals surface area contributed by atoms with Crippen molar-refractivity contribution in [2.24, 2.45) is 0 Å². The van der Waals surface area contributed by atoms with Gasteiger partial charge in [0.2, 0.25) is 0 Å². The third-order valence-corrected chi connectivity index (χ3v) is 2.13. The fourth-order valence-corrected chi connectivity index (χ4v) is 1.30. The maximum absolute atomic E-state index is 5.96. The third-order valence-electron chi connectivity index (χ3n) is 1.76. The fraction of sp³-hybridized carbons (Fsp3) is 0.333. The van der Waals surface area contributed by atoms with Gasteiger partial charge in [-0.3, -0.25) is 0 Å². The highest BCUT2D eigenvalue weighted by Crippen LogP contribution is 2.16. The van der Waals surface area contributed by atoms with Crippen LogP contribution in [-0.2, 0) is 6.42 Å². The van der Waals surface area contributed by atoms with E-state index in [0.29, 0.717) is 0 Å². The molecule has 0 radical (unpaired) electrons. The first kappa shape index (κ1) is 12.1. The zero-order valence-corrected chi connectivity index (χ0v) is 8.72. The Bertz CT molecular complexity index is 250. The summed E-state index contributed by atoms with van der Waals surface area (Å²) in [4.78, 5) is 0. The van der Waals surface area contributed by atoms with Crippen LogP contribution >= 0.6 is 11.6 Å². The lowest BCUT2D eigenvalue weighted by Gasteiger charge is -2.00. The van der Waals surface area contributed by atoms with Gasteiger partial charge in [-0.1, -0.05) is 43.1 Å². The zero-order chi connectivity index (χ0) is 10.1. The van der Waals surface area contributed by atoms with Crippen LogP contribution in [0.2, 0.25) is 5.02 Å². The topological polar surface area (TPSA) is 0 Å². The van der Waals surface area contributed by atoms with Gasteiger partial charge in [0.1, 0.15) is 0 Å². The Labute approximate surface area is 85.9 Å². The van der Waals surface area contributed by atoms with E-state index in [-0.39, 0.29) is 0 Å². The molecule has 0 spiro atoms. The van der Waals surface area contributed by atoms with E-state index in [0.717, 1.165) is 11.4 Å². The number of terminal acetylenes is 1. The normalized spacial score (nSPS) is 8.62. The van der Waals surface area contributed by atoms with Crippen molar-refractivity contribution in [3.05, 3.63) is 34.9 Å². The van der Waals surface area contributed by atoms with Gasteiger partial charge >= 0.3 is 0 Å². The number of benzene rings is 1. The molecule has 0 fully saturated rings. The predicted molar refractivity (Wildman–Crippen MR) is 60.0 cm³/mol. The van der Waals surface area contributed by atoms with Crippen LogP contribution in [0.3, 0.4) is 0 Å². The van der Waals surface area contributed by atoms with E-state index in [1.54, 1.807) is 0 Å². The number of aryl methyl sites for hydroxylation is 1. The molecule has 0 aliphatic carbocycles. The molecule has 0 atom stereocenters. The van der Waals surface area contributed by atoms with Crippen LogP contribution in [0, 0.1) is 12.8 Å². The van der Waals surface area contributed by atoms with Crippen LogP contribution in [-0.4, -0.2) is 0 Å². The average molecular weight is 195 g/mol. The summed E-state index contributed by atoms with van der Waals surface area (Å²) >= 11 is 5.96. The number of halogens is 1. The second kappa shape index (κ2) is 7.71. The summed E-state index contributed by atoms with van der Waals surface area (Å²) in [6.07, 6.45) is 11.6. The van der Waals surface area contributed by atoms with Gasteiger partial charge in [-0.05, 0) is 24.5 Å². The lowest BCUT2D eigenvalue weighted by molar-refractivity contribution is 0.795. The van der Waals surface area contributed by atoms with Crippen molar-refractivity contribution < 1.29 is 0 Å². The number of rotatable bonds is 3. The van der Waals surface area contributed by atoms with E-state index < -0.39 is 0 Å². The van der Waals surface area contributed by atoms with Crippen molar-refractivity contribution in [1.29, 1.82) is 0 Å². The van der Waals surface area contributed by atoms with Gasteiger partial charge in [0.15, 0.2) is 0 Å². The molecule has 0 N–H and O–H groups in total. The quantitative estimate of drug-likeness (QED) is 0.640. The average Bonchev–Trinajstić information content (AvgIpc) is 2.20. The maximum atomic E-state index is 5.96. The van der Waals surface area contributed by atoms with Crippen LogP contribution < -0.4 is 0 Å². The van der Waals surface area contributed by atoms with Crippen molar-refractivity contribution >= 4 is 11.6 Å². The van der Waals surface area contributed by atoms with Crippen LogP contribution in [0.15, 0.2) is 24.3 Å². The summed E-state index contributed by atoms with van der Waals surface area (Å²) in [5.74, 6) is 0. The molecule has 0 saturated heterocycles. The highest BCUT2D eigenvalue weighted by atomic mass is 35.5. The van der Waals surface area contributed by atoms with E-state index in [1.807, 2.05) is 18.2 Å². The van der Waals surface area contributed by atoms with E-state index in [9.17, 15) is 0 Å². The SMILES string of the molecule is C#C.CCCCc1ccccc1Cl. The zero-order valence-electron chi connectivity index (χ0n) is 7.96. The molecule has 13 heavy (non-hydrogen) atoms. The van der Waals surface area contributed by atoms with Gasteiger partial charge in [-0.15, -0.1) is 12.8 Å². The van der Waals surface area contributed by atoms with Crippen LogP contribution in [0.4, 0.5) is 0 Å². The first-order valence-electron chi connectivity index (χ1n) is 4.41. The summed E-state index contributed by atoms with van der Waals surface area (Å²) < 4.78 is 0.